The number of carbonyl (C=O) groups is 1. The summed E-state index contributed by atoms with van der Waals surface area (Å²) in [4.78, 5) is 14.1. The second-order valence-electron chi connectivity index (χ2n) is 5.10. The van der Waals surface area contributed by atoms with E-state index in [2.05, 4.69) is 10.2 Å². The van der Waals surface area contributed by atoms with Gasteiger partial charge in [-0.25, -0.2) is 0 Å². The third kappa shape index (κ3) is 4.06. The van der Waals surface area contributed by atoms with Crippen molar-refractivity contribution >= 4 is 5.91 Å². The number of piperidine rings is 1. The Morgan fingerprint density at radius 1 is 1.65 bits per heavy atom. The second kappa shape index (κ2) is 7.42. The summed E-state index contributed by atoms with van der Waals surface area (Å²) in [5.74, 6) is 0.752. The molecule has 6 nitrogen and oxygen atoms in total. The van der Waals surface area contributed by atoms with Crippen molar-refractivity contribution in [2.24, 2.45) is 5.73 Å². The van der Waals surface area contributed by atoms with Crippen LogP contribution in [0.2, 0.25) is 0 Å². The molecule has 1 saturated heterocycles. The number of nitrogens with two attached hydrogens (primary N) is 1. The van der Waals surface area contributed by atoms with Gasteiger partial charge in [-0.1, -0.05) is 0 Å². The number of amides is 1. The molecule has 1 fully saturated rings. The molecule has 20 heavy (non-hydrogen) atoms. The van der Waals surface area contributed by atoms with E-state index in [1.807, 2.05) is 12.1 Å². The molecule has 1 aliphatic rings. The van der Waals surface area contributed by atoms with Crippen LogP contribution in [0.1, 0.15) is 18.6 Å². The summed E-state index contributed by atoms with van der Waals surface area (Å²) in [6.07, 6.45) is 3.68. The Hall–Kier alpha value is -1.37. The topological polar surface area (TPSA) is 80.7 Å². The second-order valence-corrected chi connectivity index (χ2v) is 5.10. The van der Waals surface area contributed by atoms with Gasteiger partial charge in [-0.15, -0.1) is 0 Å². The Morgan fingerprint density at radius 2 is 2.50 bits per heavy atom. The molecule has 1 aromatic heterocycles. The summed E-state index contributed by atoms with van der Waals surface area (Å²) in [6, 6.07) is 3.86. The molecule has 2 unspecified atom stereocenters. The van der Waals surface area contributed by atoms with Gasteiger partial charge in [-0.3, -0.25) is 9.69 Å². The predicted octanol–water partition coefficient (Wildman–Crippen LogP) is 0.334. The summed E-state index contributed by atoms with van der Waals surface area (Å²) >= 11 is 0. The van der Waals surface area contributed by atoms with E-state index in [4.69, 9.17) is 14.9 Å². The number of methoxy groups -OCH3 is 1. The van der Waals surface area contributed by atoms with Crippen molar-refractivity contribution < 1.29 is 13.9 Å². The summed E-state index contributed by atoms with van der Waals surface area (Å²) in [7, 11) is 1.73. The molecular weight excluding hydrogens is 258 g/mol. The van der Waals surface area contributed by atoms with Gasteiger partial charge in [0.2, 0.25) is 5.91 Å². The zero-order valence-electron chi connectivity index (χ0n) is 11.9. The Kier molecular flexibility index (Phi) is 5.58. The molecule has 112 valence electrons. The zero-order chi connectivity index (χ0) is 14.4. The molecule has 0 aliphatic carbocycles. The minimum atomic E-state index is -0.00397. The molecule has 1 amide bonds. The Bertz CT molecular complexity index is 408. The number of carbonyl (C=O) groups excluding carboxylic acids is 1. The minimum absolute atomic E-state index is 0.00397. The van der Waals surface area contributed by atoms with Gasteiger partial charge >= 0.3 is 0 Å². The normalized spacial score (nSPS) is 23.7. The van der Waals surface area contributed by atoms with Crippen LogP contribution >= 0.6 is 0 Å². The van der Waals surface area contributed by atoms with Crippen LogP contribution in [0, 0.1) is 0 Å². The van der Waals surface area contributed by atoms with E-state index in [0.29, 0.717) is 19.6 Å². The zero-order valence-corrected chi connectivity index (χ0v) is 11.9. The summed E-state index contributed by atoms with van der Waals surface area (Å²) in [5.41, 5.74) is 5.79. The number of furan rings is 1. The smallest absolute Gasteiger partial charge is 0.234 e. The largest absolute Gasteiger partial charge is 0.467 e. The van der Waals surface area contributed by atoms with Gasteiger partial charge in [0.1, 0.15) is 5.76 Å². The predicted molar refractivity (Wildman–Crippen MR) is 75.0 cm³/mol. The van der Waals surface area contributed by atoms with E-state index in [9.17, 15) is 4.79 Å². The molecule has 2 rings (SSSR count). The molecule has 1 aromatic rings. The van der Waals surface area contributed by atoms with Crippen LogP contribution in [-0.2, 0) is 16.1 Å². The minimum Gasteiger partial charge on any atom is -0.467 e. The van der Waals surface area contributed by atoms with E-state index in [0.717, 1.165) is 25.1 Å². The van der Waals surface area contributed by atoms with E-state index in [1.165, 1.54) is 0 Å². The molecule has 3 N–H and O–H groups in total. The fraction of sp³-hybridized carbons (Fsp3) is 0.643. The first-order valence-corrected chi connectivity index (χ1v) is 6.99. The van der Waals surface area contributed by atoms with Crippen molar-refractivity contribution in [1.29, 1.82) is 0 Å². The van der Waals surface area contributed by atoms with Crippen molar-refractivity contribution in [3.63, 3.8) is 0 Å². The van der Waals surface area contributed by atoms with Gasteiger partial charge in [0.05, 0.1) is 25.5 Å². The number of ether oxygens (including phenoxy) is 1. The molecule has 0 spiro atoms. The number of nitrogens with zero attached hydrogens (tertiary/aromatic N) is 1. The Morgan fingerprint density at radius 3 is 3.15 bits per heavy atom. The molecule has 0 radical (unpaired) electrons. The van der Waals surface area contributed by atoms with E-state index < -0.39 is 0 Å². The van der Waals surface area contributed by atoms with Crippen LogP contribution in [0.4, 0.5) is 0 Å². The third-order valence-corrected chi connectivity index (χ3v) is 3.78. The van der Waals surface area contributed by atoms with Crippen molar-refractivity contribution in [3.05, 3.63) is 24.2 Å². The first-order valence-electron chi connectivity index (χ1n) is 6.99. The van der Waals surface area contributed by atoms with Crippen molar-refractivity contribution in [2.45, 2.75) is 31.5 Å². The van der Waals surface area contributed by atoms with Gasteiger partial charge in [0.25, 0.3) is 0 Å². The van der Waals surface area contributed by atoms with Crippen LogP contribution in [-0.4, -0.2) is 49.7 Å². The lowest BCUT2D eigenvalue weighted by Gasteiger charge is -2.37. The highest BCUT2D eigenvalue weighted by atomic mass is 16.5. The lowest BCUT2D eigenvalue weighted by Crippen LogP contribution is -2.51. The summed E-state index contributed by atoms with van der Waals surface area (Å²) < 4.78 is 10.6. The first kappa shape index (κ1) is 15.0. The van der Waals surface area contributed by atoms with E-state index >= 15 is 0 Å². The molecular formula is C14H23N3O3. The summed E-state index contributed by atoms with van der Waals surface area (Å²) in [6.45, 7) is 2.19. The molecule has 6 heteroatoms. The molecule has 0 saturated carbocycles. The maximum atomic E-state index is 12.0. The standard InChI is InChI=1S/C14H23N3O3/c1-19-12-4-5-17(11(7-12)8-15)10-14(18)16-9-13-3-2-6-20-13/h2-3,6,11-12H,4-5,7-10,15H2,1H3,(H,16,18). The maximum Gasteiger partial charge on any atom is 0.234 e. The lowest BCUT2D eigenvalue weighted by molar-refractivity contribution is -0.124. The average Bonchev–Trinajstić information content (AvgIpc) is 2.99. The van der Waals surface area contributed by atoms with Gasteiger partial charge in [0, 0.05) is 26.2 Å². The summed E-state index contributed by atoms with van der Waals surface area (Å²) in [5, 5.41) is 2.86. The molecule has 2 atom stereocenters. The average molecular weight is 281 g/mol. The molecule has 0 aromatic carbocycles. The third-order valence-electron chi connectivity index (χ3n) is 3.78. The van der Waals surface area contributed by atoms with E-state index in [-0.39, 0.29) is 18.1 Å². The lowest BCUT2D eigenvalue weighted by atomic mass is 9.99. The quantitative estimate of drug-likeness (QED) is 0.785. The number of nitrogens with one attached hydrogen (secondary N) is 1. The number of rotatable bonds is 6. The van der Waals surface area contributed by atoms with Gasteiger partial charge in [-0.05, 0) is 25.0 Å². The van der Waals surface area contributed by atoms with Crippen molar-refractivity contribution in [1.82, 2.24) is 10.2 Å². The molecule has 1 aliphatic heterocycles. The SMILES string of the molecule is COC1CCN(CC(=O)NCc2ccco2)C(CN)C1. The first-order chi connectivity index (χ1) is 9.72. The highest BCUT2D eigenvalue weighted by Gasteiger charge is 2.28. The van der Waals surface area contributed by atoms with Gasteiger partial charge in [-0.2, -0.15) is 0 Å². The monoisotopic (exact) mass is 281 g/mol. The fourth-order valence-electron chi connectivity index (χ4n) is 2.57. The van der Waals surface area contributed by atoms with Crippen LogP contribution in [0.3, 0.4) is 0 Å². The van der Waals surface area contributed by atoms with Crippen molar-refractivity contribution in [3.8, 4) is 0 Å². The van der Waals surface area contributed by atoms with Crippen LogP contribution in [0.5, 0.6) is 0 Å². The van der Waals surface area contributed by atoms with Gasteiger partial charge in [0.15, 0.2) is 0 Å². The van der Waals surface area contributed by atoms with E-state index in [1.54, 1.807) is 13.4 Å². The van der Waals surface area contributed by atoms with Gasteiger partial charge < -0.3 is 20.2 Å². The number of likely N-dealkylation sites (tertiary alicyclic amines) is 1. The Balaban J connectivity index is 1.77. The fourth-order valence-corrected chi connectivity index (χ4v) is 2.57. The highest BCUT2D eigenvalue weighted by Crippen LogP contribution is 2.18. The number of hydrogen-bond acceptors (Lipinski definition) is 5. The van der Waals surface area contributed by atoms with Crippen molar-refractivity contribution in [2.75, 3.05) is 26.7 Å². The highest BCUT2D eigenvalue weighted by molar-refractivity contribution is 5.78. The van der Waals surface area contributed by atoms with Crippen LogP contribution < -0.4 is 11.1 Å². The maximum absolute atomic E-state index is 12.0. The van der Waals surface area contributed by atoms with Crippen LogP contribution in [0.15, 0.2) is 22.8 Å². The molecule has 0 bridgehead atoms. The Labute approximate surface area is 119 Å². The number of hydrogen-bond donors (Lipinski definition) is 2. The molecule has 2 heterocycles. The van der Waals surface area contributed by atoms with Crippen LogP contribution in [0.25, 0.3) is 0 Å².